The molecule has 0 saturated carbocycles. The van der Waals surface area contributed by atoms with Crippen molar-refractivity contribution in [1.29, 1.82) is 0 Å². The quantitative estimate of drug-likeness (QED) is 0.536. The number of benzene rings is 2. The molecule has 0 heterocycles. The number of nitrogens with one attached hydrogen (secondary N) is 1. The van der Waals surface area contributed by atoms with Gasteiger partial charge in [-0.25, -0.2) is 4.79 Å². The predicted octanol–water partition coefficient (Wildman–Crippen LogP) is 3.79. The van der Waals surface area contributed by atoms with E-state index in [9.17, 15) is 9.59 Å². The highest BCUT2D eigenvalue weighted by atomic mass is 35.5. The lowest BCUT2D eigenvalue weighted by Gasteiger charge is -2.18. The minimum Gasteiger partial charge on any atom is -0.497 e. The molecule has 0 aromatic heterocycles. The second kappa shape index (κ2) is 10.4. The fourth-order valence-corrected chi connectivity index (χ4v) is 2.59. The van der Waals surface area contributed by atoms with E-state index in [1.165, 1.54) is 6.08 Å². The molecular formula is C21H22ClNO5. The van der Waals surface area contributed by atoms with Crippen LogP contribution in [0, 0.1) is 0 Å². The van der Waals surface area contributed by atoms with Gasteiger partial charge in [0, 0.05) is 16.7 Å². The molecule has 0 aliphatic heterocycles. The molecule has 6 nitrogen and oxygen atoms in total. The third-order valence-electron chi connectivity index (χ3n) is 3.91. The molecule has 2 rings (SSSR count). The Morgan fingerprint density at radius 2 is 1.82 bits per heavy atom. The summed E-state index contributed by atoms with van der Waals surface area (Å²) in [6.07, 6.45) is 2.84. The molecule has 1 N–H and O–H groups in total. The predicted molar refractivity (Wildman–Crippen MR) is 108 cm³/mol. The number of carbonyl (C=O) groups is 2. The van der Waals surface area contributed by atoms with E-state index < -0.39 is 11.9 Å². The standard InChI is InChI=1S/C21H22ClNO5/c1-14(18-12-17(26-2)9-10-19(18)27-3)23-20(24)13-28-21(25)11-6-15-4-7-16(22)8-5-15/h4-12,14H,13H2,1-3H3,(H,23,24)/b11-6+/t14-/m1/s1. The minimum atomic E-state index is -0.614. The van der Waals surface area contributed by atoms with Crippen molar-refractivity contribution in [3.05, 3.63) is 64.7 Å². The first kappa shape index (κ1) is 21.3. The van der Waals surface area contributed by atoms with Crippen LogP contribution < -0.4 is 14.8 Å². The molecule has 2 aromatic carbocycles. The Bertz CT molecular complexity index is 848. The Morgan fingerprint density at radius 3 is 2.46 bits per heavy atom. The van der Waals surface area contributed by atoms with E-state index in [-0.39, 0.29) is 12.6 Å². The molecule has 148 valence electrons. The maximum absolute atomic E-state index is 12.1. The molecule has 0 fully saturated rings. The zero-order valence-corrected chi connectivity index (χ0v) is 16.7. The average Bonchev–Trinajstić information content (AvgIpc) is 2.71. The maximum Gasteiger partial charge on any atom is 0.331 e. The molecule has 0 radical (unpaired) electrons. The highest BCUT2D eigenvalue weighted by Crippen LogP contribution is 2.29. The lowest BCUT2D eigenvalue weighted by atomic mass is 10.1. The second-order valence-electron chi connectivity index (χ2n) is 5.89. The molecule has 1 atom stereocenters. The number of halogens is 1. The van der Waals surface area contributed by atoms with Crippen LogP contribution in [0.4, 0.5) is 0 Å². The lowest BCUT2D eigenvalue weighted by molar-refractivity contribution is -0.144. The lowest BCUT2D eigenvalue weighted by Crippen LogP contribution is -2.31. The van der Waals surface area contributed by atoms with Crippen LogP contribution in [0.2, 0.25) is 5.02 Å². The second-order valence-corrected chi connectivity index (χ2v) is 6.33. The van der Waals surface area contributed by atoms with Crippen LogP contribution in [0.15, 0.2) is 48.5 Å². The number of methoxy groups -OCH3 is 2. The summed E-state index contributed by atoms with van der Waals surface area (Å²) in [6.45, 7) is 1.41. The maximum atomic E-state index is 12.1. The average molecular weight is 404 g/mol. The first-order valence-corrected chi connectivity index (χ1v) is 8.92. The summed E-state index contributed by atoms with van der Waals surface area (Å²) < 4.78 is 15.5. The van der Waals surface area contributed by atoms with E-state index in [1.807, 2.05) is 0 Å². The summed E-state index contributed by atoms with van der Waals surface area (Å²) in [5, 5.41) is 3.38. The molecular weight excluding hydrogens is 382 g/mol. The molecule has 1 amide bonds. The van der Waals surface area contributed by atoms with Gasteiger partial charge in [-0.15, -0.1) is 0 Å². The van der Waals surface area contributed by atoms with Gasteiger partial charge in [0.2, 0.25) is 0 Å². The number of carbonyl (C=O) groups excluding carboxylic acids is 2. The van der Waals surface area contributed by atoms with Crippen LogP contribution in [0.25, 0.3) is 6.08 Å². The normalized spacial score (nSPS) is 11.7. The van der Waals surface area contributed by atoms with Gasteiger partial charge in [0.15, 0.2) is 6.61 Å². The molecule has 0 spiro atoms. The van der Waals surface area contributed by atoms with E-state index in [0.717, 1.165) is 11.1 Å². The minimum absolute atomic E-state index is 0.360. The van der Waals surface area contributed by atoms with E-state index in [2.05, 4.69) is 5.32 Å². The van der Waals surface area contributed by atoms with Crippen molar-refractivity contribution in [2.75, 3.05) is 20.8 Å². The Labute approximate surface area is 169 Å². The highest BCUT2D eigenvalue weighted by molar-refractivity contribution is 6.30. The van der Waals surface area contributed by atoms with Crippen molar-refractivity contribution in [2.24, 2.45) is 0 Å². The van der Waals surface area contributed by atoms with Crippen LogP contribution in [0.5, 0.6) is 11.5 Å². The molecule has 0 aliphatic carbocycles. The topological polar surface area (TPSA) is 73.9 Å². The summed E-state index contributed by atoms with van der Waals surface area (Å²) in [6, 6.07) is 11.9. The Morgan fingerprint density at radius 1 is 1.11 bits per heavy atom. The number of hydrogen-bond donors (Lipinski definition) is 1. The molecule has 0 saturated heterocycles. The summed E-state index contributed by atoms with van der Waals surface area (Å²) in [4.78, 5) is 23.9. The monoisotopic (exact) mass is 403 g/mol. The number of hydrogen-bond acceptors (Lipinski definition) is 5. The molecule has 2 aromatic rings. The van der Waals surface area contributed by atoms with Gasteiger partial charge in [-0.05, 0) is 48.9 Å². The van der Waals surface area contributed by atoms with Gasteiger partial charge in [0.25, 0.3) is 5.91 Å². The van der Waals surface area contributed by atoms with E-state index >= 15 is 0 Å². The summed E-state index contributed by atoms with van der Waals surface area (Å²) in [7, 11) is 3.11. The molecule has 7 heteroatoms. The van der Waals surface area contributed by atoms with Crippen molar-refractivity contribution in [1.82, 2.24) is 5.32 Å². The summed E-state index contributed by atoms with van der Waals surface area (Å²) >= 11 is 5.81. The summed E-state index contributed by atoms with van der Waals surface area (Å²) in [5.74, 6) is 0.231. The summed E-state index contributed by atoms with van der Waals surface area (Å²) in [5.41, 5.74) is 1.55. The first-order chi connectivity index (χ1) is 13.4. The van der Waals surface area contributed by atoms with Gasteiger partial charge >= 0.3 is 5.97 Å². The van der Waals surface area contributed by atoms with E-state index in [1.54, 1.807) is 69.7 Å². The Balaban J connectivity index is 1.88. The third-order valence-corrected chi connectivity index (χ3v) is 4.16. The zero-order valence-electron chi connectivity index (χ0n) is 15.9. The fraction of sp³-hybridized carbons (Fsp3) is 0.238. The zero-order chi connectivity index (χ0) is 20.5. The van der Waals surface area contributed by atoms with Crippen molar-refractivity contribution >= 4 is 29.6 Å². The Kier molecular flexibility index (Phi) is 7.89. The van der Waals surface area contributed by atoms with Crippen LogP contribution in [-0.4, -0.2) is 32.7 Å². The van der Waals surface area contributed by atoms with Gasteiger partial charge < -0.3 is 19.5 Å². The molecule has 0 bridgehead atoms. The number of rotatable bonds is 8. The number of amides is 1. The largest absolute Gasteiger partial charge is 0.497 e. The van der Waals surface area contributed by atoms with Crippen molar-refractivity contribution in [3.8, 4) is 11.5 Å². The van der Waals surface area contributed by atoms with Gasteiger partial charge in [-0.3, -0.25) is 4.79 Å². The molecule has 28 heavy (non-hydrogen) atoms. The Hall–Kier alpha value is -2.99. The van der Waals surface area contributed by atoms with Crippen LogP contribution in [0.1, 0.15) is 24.1 Å². The van der Waals surface area contributed by atoms with Crippen molar-refractivity contribution < 1.29 is 23.8 Å². The van der Waals surface area contributed by atoms with Gasteiger partial charge in [0.05, 0.1) is 20.3 Å². The van der Waals surface area contributed by atoms with Crippen molar-refractivity contribution in [3.63, 3.8) is 0 Å². The van der Waals surface area contributed by atoms with Gasteiger partial charge in [0.1, 0.15) is 11.5 Å². The van der Waals surface area contributed by atoms with Crippen LogP contribution in [0.3, 0.4) is 0 Å². The van der Waals surface area contributed by atoms with Crippen LogP contribution >= 0.6 is 11.6 Å². The fourth-order valence-electron chi connectivity index (χ4n) is 2.46. The highest BCUT2D eigenvalue weighted by Gasteiger charge is 2.16. The SMILES string of the molecule is COc1ccc(OC)c([C@@H](C)NC(=O)COC(=O)/C=C/c2ccc(Cl)cc2)c1. The van der Waals surface area contributed by atoms with Gasteiger partial charge in [-0.1, -0.05) is 23.7 Å². The number of ether oxygens (including phenoxy) is 3. The molecule has 0 aliphatic rings. The number of esters is 1. The third kappa shape index (κ3) is 6.32. The van der Waals surface area contributed by atoms with E-state index in [0.29, 0.717) is 16.5 Å². The first-order valence-electron chi connectivity index (χ1n) is 8.54. The smallest absolute Gasteiger partial charge is 0.331 e. The van der Waals surface area contributed by atoms with E-state index in [4.69, 9.17) is 25.8 Å². The van der Waals surface area contributed by atoms with Gasteiger partial charge in [-0.2, -0.15) is 0 Å². The van der Waals surface area contributed by atoms with Crippen LogP contribution in [-0.2, 0) is 14.3 Å². The van der Waals surface area contributed by atoms with Crippen molar-refractivity contribution in [2.45, 2.75) is 13.0 Å². The molecule has 0 unspecified atom stereocenters.